The zero-order valence-corrected chi connectivity index (χ0v) is 18.8. The summed E-state index contributed by atoms with van der Waals surface area (Å²) in [5, 5.41) is 12.4. The highest BCUT2D eigenvalue weighted by Gasteiger charge is 2.13. The van der Waals surface area contributed by atoms with E-state index in [4.69, 9.17) is 16.3 Å². The third-order valence-corrected chi connectivity index (χ3v) is 5.11. The highest BCUT2D eigenvalue weighted by Crippen LogP contribution is 2.35. The molecule has 0 radical (unpaired) electrons. The van der Waals surface area contributed by atoms with E-state index in [1.807, 2.05) is 31.2 Å². The summed E-state index contributed by atoms with van der Waals surface area (Å²) in [6, 6.07) is 18.6. The summed E-state index contributed by atoms with van der Waals surface area (Å²) in [5.41, 5.74) is 2.73. The SMILES string of the molecule is Cc1cccc(NC(=O)/C(C#N)=C\c2cc(Cl)c(OCc3cccc(F)c3)c(Br)c2)c1. The molecule has 0 atom stereocenters. The molecule has 0 aliphatic carbocycles. The number of aryl methyl sites for hydroxylation is 1. The Labute approximate surface area is 193 Å². The summed E-state index contributed by atoms with van der Waals surface area (Å²) in [5.74, 6) is -0.489. The molecule has 0 fully saturated rings. The molecule has 0 heterocycles. The van der Waals surface area contributed by atoms with Crippen molar-refractivity contribution >= 4 is 45.2 Å². The molecule has 3 aromatic carbocycles. The maximum Gasteiger partial charge on any atom is 0.266 e. The van der Waals surface area contributed by atoms with E-state index in [1.54, 1.807) is 30.3 Å². The maximum atomic E-state index is 13.3. The minimum absolute atomic E-state index is 0.0714. The lowest BCUT2D eigenvalue weighted by Gasteiger charge is -2.11. The number of hydrogen-bond acceptors (Lipinski definition) is 3. The molecule has 7 heteroatoms. The Kier molecular flexibility index (Phi) is 7.45. The number of hydrogen-bond donors (Lipinski definition) is 1. The maximum absolute atomic E-state index is 13.3. The highest BCUT2D eigenvalue weighted by molar-refractivity contribution is 9.10. The van der Waals surface area contributed by atoms with Crippen molar-refractivity contribution in [3.8, 4) is 11.8 Å². The lowest BCUT2D eigenvalue weighted by atomic mass is 10.1. The van der Waals surface area contributed by atoms with E-state index in [9.17, 15) is 14.4 Å². The third kappa shape index (κ3) is 6.17. The first-order valence-electron chi connectivity index (χ1n) is 9.22. The summed E-state index contributed by atoms with van der Waals surface area (Å²) in [6.45, 7) is 2.04. The van der Waals surface area contributed by atoms with Gasteiger partial charge < -0.3 is 10.1 Å². The van der Waals surface area contributed by atoms with Crippen molar-refractivity contribution in [2.24, 2.45) is 0 Å². The van der Waals surface area contributed by atoms with E-state index < -0.39 is 5.91 Å². The Morgan fingerprint density at radius 3 is 2.68 bits per heavy atom. The highest BCUT2D eigenvalue weighted by atomic mass is 79.9. The van der Waals surface area contributed by atoms with Gasteiger partial charge in [-0.2, -0.15) is 5.26 Å². The van der Waals surface area contributed by atoms with Crippen LogP contribution in [0.25, 0.3) is 6.08 Å². The molecular weight excluding hydrogens is 483 g/mol. The van der Waals surface area contributed by atoms with Gasteiger partial charge in [-0.1, -0.05) is 35.9 Å². The predicted octanol–water partition coefficient (Wildman–Crippen LogP) is 6.67. The third-order valence-electron chi connectivity index (χ3n) is 4.24. The summed E-state index contributed by atoms with van der Waals surface area (Å²) in [6.07, 6.45) is 1.44. The zero-order chi connectivity index (χ0) is 22.4. The molecule has 1 N–H and O–H groups in total. The molecule has 3 aromatic rings. The summed E-state index contributed by atoms with van der Waals surface area (Å²) < 4.78 is 19.6. The van der Waals surface area contributed by atoms with Gasteiger partial charge in [-0.3, -0.25) is 4.79 Å². The number of benzene rings is 3. The molecule has 0 unspecified atom stereocenters. The zero-order valence-electron chi connectivity index (χ0n) is 16.5. The van der Waals surface area contributed by atoms with Crippen LogP contribution in [-0.4, -0.2) is 5.91 Å². The number of rotatable bonds is 6. The van der Waals surface area contributed by atoms with Gasteiger partial charge in [0.25, 0.3) is 5.91 Å². The van der Waals surface area contributed by atoms with Crippen molar-refractivity contribution in [2.45, 2.75) is 13.5 Å². The van der Waals surface area contributed by atoms with E-state index in [2.05, 4.69) is 21.2 Å². The molecule has 0 aliphatic heterocycles. The molecule has 0 saturated carbocycles. The molecule has 0 bridgehead atoms. The Morgan fingerprint density at radius 2 is 2.00 bits per heavy atom. The van der Waals surface area contributed by atoms with Crippen LogP contribution in [0.5, 0.6) is 5.75 Å². The Balaban J connectivity index is 1.77. The van der Waals surface area contributed by atoms with Crippen LogP contribution in [0.1, 0.15) is 16.7 Å². The molecule has 3 rings (SSSR count). The first-order chi connectivity index (χ1) is 14.9. The molecule has 1 amide bonds. The van der Waals surface area contributed by atoms with Crippen LogP contribution in [0.2, 0.25) is 5.02 Å². The lowest BCUT2D eigenvalue weighted by Crippen LogP contribution is -2.13. The second-order valence-electron chi connectivity index (χ2n) is 6.73. The Bertz CT molecular complexity index is 1180. The van der Waals surface area contributed by atoms with Crippen molar-refractivity contribution in [3.05, 3.63) is 98.2 Å². The second kappa shape index (κ2) is 10.3. The van der Waals surface area contributed by atoms with Gasteiger partial charge in [-0.05, 0) is 82.0 Å². The molecule has 0 aliphatic rings. The van der Waals surface area contributed by atoms with Crippen LogP contribution in [0.15, 0.2) is 70.7 Å². The molecule has 156 valence electrons. The Morgan fingerprint density at radius 1 is 1.23 bits per heavy atom. The minimum atomic E-state index is -0.522. The van der Waals surface area contributed by atoms with E-state index >= 15 is 0 Å². The number of nitriles is 1. The first kappa shape index (κ1) is 22.5. The summed E-state index contributed by atoms with van der Waals surface area (Å²) in [7, 11) is 0. The number of anilines is 1. The van der Waals surface area contributed by atoms with Gasteiger partial charge in [0.15, 0.2) is 5.75 Å². The van der Waals surface area contributed by atoms with Crippen LogP contribution < -0.4 is 10.1 Å². The fourth-order valence-electron chi connectivity index (χ4n) is 2.82. The van der Waals surface area contributed by atoms with Crippen LogP contribution >= 0.6 is 27.5 Å². The monoisotopic (exact) mass is 498 g/mol. The number of halogens is 3. The van der Waals surface area contributed by atoms with Gasteiger partial charge in [0.05, 0.1) is 9.50 Å². The first-order valence-corrected chi connectivity index (χ1v) is 10.4. The molecule has 0 spiro atoms. The lowest BCUT2D eigenvalue weighted by molar-refractivity contribution is -0.112. The van der Waals surface area contributed by atoms with Crippen LogP contribution in [0.4, 0.5) is 10.1 Å². The van der Waals surface area contributed by atoms with Gasteiger partial charge in [-0.15, -0.1) is 0 Å². The summed E-state index contributed by atoms with van der Waals surface area (Å²) >= 11 is 9.74. The van der Waals surface area contributed by atoms with E-state index in [1.165, 1.54) is 18.2 Å². The van der Waals surface area contributed by atoms with Crippen molar-refractivity contribution in [1.29, 1.82) is 5.26 Å². The summed E-state index contributed by atoms with van der Waals surface area (Å²) in [4.78, 5) is 12.5. The van der Waals surface area contributed by atoms with E-state index in [-0.39, 0.29) is 23.0 Å². The van der Waals surface area contributed by atoms with Crippen LogP contribution in [-0.2, 0) is 11.4 Å². The fraction of sp³-hybridized carbons (Fsp3) is 0.0833. The number of carbonyl (C=O) groups is 1. The molecule has 31 heavy (non-hydrogen) atoms. The smallest absolute Gasteiger partial charge is 0.266 e. The second-order valence-corrected chi connectivity index (χ2v) is 7.99. The molecular formula is C24H17BrClFN2O2. The van der Waals surface area contributed by atoms with Crippen LogP contribution in [0, 0.1) is 24.1 Å². The van der Waals surface area contributed by atoms with Crippen molar-refractivity contribution in [2.75, 3.05) is 5.32 Å². The van der Waals surface area contributed by atoms with Crippen molar-refractivity contribution in [3.63, 3.8) is 0 Å². The van der Waals surface area contributed by atoms with Gasteiger partial charge >= 0.3 is 0 Å². The Hall–Kier alpha value is -3.14. The molecule has 0 saturated heterocycles. The number of nitrogens with zero attached hydrogens (tertiary/aromatic N) is 1. The predicted molar refractivity (Wildman–Crippen MR) is 123 cm³/mol. The van der Waals surface area contributed by atoms with Gasteiger partial charge in [0, 0.05) is 5.69 Å². The molecule has 4 nitrogen and oxygen atoms in total. The number of carbonyl (C=O) groups excluding carboxylic acids is 1. The number of nitrogens with one attached hydrogen (secondary N) is 1. The van der Waals surface area contributed by atoms with E-state index in [0.717, 1.165) is 5.56 Å². The number of amides is 1. The van der Waals surface area contributed by atoms with Crippen molar-refractivity contribution < 1.29 is 13.9 Å². The average Bonchev–Trinajstić information content (AvgIpc) is 2.71. The fourth-order valence-corrected chi connectivity index (χ4v) is 3.81. The van der Waals surface area contributed by atoms with Gasteiger partial charge in [0.2, 0.25) is 0 Å². The normalized spacial score (nSPS) is 11.0. The number of ether oxygens (including phenoxy) is 1. The largest absolute Gasteiger partial charge is 0.486 e. The average molecular weight is 500 g/mol. The standard InChI is InChI=1S/C24H17BrClFN2O2/c1-15-4-2-7-20(8-15)29-24(30)18(13-28)9-17-11-21(25)23(22(26)12-17)31-14-16-5-3-6-19(27)10-16/h2-12H,14H2,1H3,(H,29,30)/b18-9-. The van der Waals surface area contributed by atoms with Gasteiger partial charge in [-0.25, -0.2) is 4.39 Å². The van der Waals surface area contributed by atoms with E-state index in [0.29, 0.717) is 27.0 Å². The topological polar surface area (TPSA) is 62.1 Å². The van der Waals surface area contributed by atoms with Crippen molar-refractivity contribution in [1.82, 2.24) is 0 Å². The van der Waals surface area contributed by atoms with Gasteiger partial charge in [0.1, 0.15) is 24.1 Å². The molecule has 0 aromatic heterocycles. The quantitative estimate of drug-likeness (QED) is 0.304. The van der Waals surface area contributed by atoms with Crippen LogP contribution in [0.3, 0.4) is 0 Å². The minimum Gasteiger partial charge on any atom is -0.486 e.